The number of amides is 1. The molecule has 0 atom stereocenters. The summed E-state index contributed by atoms with van der Waals surface area (Å²) < 4.78 is 1.50. The number of halogens is 1. The van der Waals surface area contributed by atoms with Gasteiger partial charge in [0.15, 0.2) is 5.69 Å². The van der Waals surface area contributed by atoms with Gasteiger partial charge in [-0.1, -0.05) is 5.21 Å². The van der Waals surface area contributed by atoms with E-state index in [1.807, 2.05) is 0 Å². The highest BCUT2D eigenvalue weighted by Gasteiger charge is 2.43. The summed E-state index contributed by atoms with van der Waals surface area (Å²) in [5, 5.41) is 10.3. The molecule has 0 bridgehead atoms. The fourth-order valence-corrected chi connectivity index (χ4v) is 1.53. The average Bonchev–Trinajstić information content (AvgIpc) is 2.80. The maximum Gasteiger partial charge on any atom is 0.273 e. The fraction of sp³-hybridized carbons (Fsp3) is 0.625. The number of hydrogen-bond acceptors (Lipinski definition) is 3. The maximum atomic E-state index is 11.6. The first-order valence-electron chi connectivity index (χ1n) is 4.40. The lowest BCUT2D eigenvalue weighted by molar-refractivity contribution is 0.0931. The minimum absolute atomic E-state index is 0.184. The van der Waals surface area contributed by atoms with Crippen LogP contribution in [-0.2, 0) is 7.05 Å². The normalized spacial score (nSPS) is 17.9. The quantitative estimate of drug-likeness (QED) is 0.738. The SMILES string of the molecule is Cn1cc(C(=O)NC2(CCl)CC2)nn1. The second kappa shape index (κ2) is 3.24. The van der Waals surface area contributed by atoms with E-state index in [9.17, 15) is 4.79 Å². The monoisotopic (exact) mass is 214 g/mol. The van der Waals surface area contributed by atoms with E-state index in [2.05, 4.69) is 15.6 Å². The zero-order valence-corrected chi connectivity index (χ0v) is 8.58. The lowest BCUT2D eigenvalue weighted by atomic mass is 10.3. The highest BCUT2D eigenvalue weighted by Crippen LogP contribution is 2.36. The van der Waals surface area contributed by atoms with Crippen LogP contribution in [0.5, 0.6) is 0 Å². The van der Waals surface area contributed by atoms with Crippen LogP contribution in [0, 0.1) is 0 Å². The van der Waals surface area contributed by atoms with Crippen LogP contribution < -0.4 is 5.32 Å². The van der Waals surface area contributed by atoms with Crippen LogP contribution in [-0.4, -0.2) is 32.3 Å². The average molecular weight is 215 g/mol. The van der Waals surface area contributed by atoms with Crippen LogP contribution in [0.2, 0.25) is 0 Å². The summed E-state index contributed by atoms with van der Waals surface area (Å²) in [6.45, 7) is 0. The van der Waals surface area contributed by atoms with Crippen molar-refractivity contribution < 1.29 is 4.79 Å². The summed E-state index contributed by atoms with van der Waals surface area (Å²) in [4.78, 5) is 11.6. The van der Waals surface area contributed by atoms with Gasteiger partial charge < -0.3 is 5.32 Å². The zero-order chi connectivity index (χ0) is 10.2. The number of carbonyl (C=O) groups excluding carboxylic acids is 1. The first-order chi connectivity index (χ1) is 6.65. The predicted molar refractivity (Wildman–Crippen MR) is 51.2 cm³/mol. The van der Waals surface area contributed by atoms with E-state index >= 15 is 0 Å². The van der Waals surface area contributed by atoms with E-state index < -0.39 is 0 Å². The Balaban J connectivity index is 2.03. The first kappa shape index (κ1) is 9.45. The minimum atomic E-state index is -0.198. The van der Waals surface area contributed by atoms with Gasteiger partial charge in [0.25, 0.3) is 5.91 Å². The van der Waals surface area contributed by atoms with Gasteiger partial charge in [0.2, 0.25) is 0 Å². The largest absolute Gasteiger partial charge is 0.344 e. The topological polar surface area (TPSA) is 59.8 Å². The Kier molecular flexibility index (Phi) is 2.19. The first-order valence-corrected chi connectivity index (χ1v) is 4.93. The molecule has 1 amide bonds. The third-order valence-corrected chi connectivity index (χ3v) is 2.83. The molecule has 1 aromatic rings. The van der Waals surface area contributed by atoms with E-state index in [1.165, 1.54) is 4.68 Å². The number of hydrogen-bond donors (Lipinski definition) is 1. The molecule has 76 valence electrons. The van der Waals surface area contributed by atoms with Crippen LogP contribution in [0.3, 0.4) is 0 Å². The Bertz CT molecular complexity index is 358. The molecular formula is C8H11ClN4O. The molecular weight excluding hydrogens is 204 g/mol. The van der Waals surface area contributed by atoms with Crippen molar-refractivity contribution in [3.63, 3.8) is 0 Å². The van der Waals surface area contributed by atoms with Crippen molar-refractivity contribution in [1.82, 2.24) is 20.3 Å². The molecule has 1 aliphatic carbocycles. The van der Waals surface area contributed by atoms with Gasteiger partial charge in [-0.25, -0.2) is 0 Å². The van der Waals surface area contributed by atoms with Gasteiger partial charge in [-0.2, -0.15) is 0 Å². The fourth-order valence-electron chi connectivity index (χ4n) is 1.20. The van der Waals surface area contributed by atoms with Gasteiger partial charge in [0.05, 0.1) is 11.7 Å². The number of nitrogens with zero attached hydrogens (tertiary/aromatic N) is 3. The molecule has 14 heavy (non-hydrogen) atoms. The highest BCUT2D eigenvalue weighted by atomic mass is 35.5. The van der Waals surface area contributed by atoms with Gasteiger partial charge in [0, 0.05) is 12.9 Å². The molecule has 1 saturated carbocycles. The van der Waals surface area contributed by atoms with Crippen LogP contribution in [0.15, 0.2) is 6.20 Å². The molecule has 0 saturated heterocycles. The van der Waals surface area contributed by atoms with Gasteiger partial charge >= 0.3 is 0 Å². The second-order valence-corrected chi connectivity index (χ2v) is 3.91. The van der Waals surface area contributed by atoms with E-state index in [0.29, 0.717) is 11.6 Å². The molecule has 5 nitrogen and oxygen atoms in total. The van der Waals surface area contributed by atoms with Gasteiger partial charge in [-0.05, 0) is 12.8 Å². The smallest absolute Gasteiger partial charge is 0.273 e. The minimum Gasteiger partial charge on any atom is -0.344 e. The summed E-state index contributed by atoms with van der Waals surface area (Å²) in [6, 6.07) is 0. The molecule has 1 aliphatic rings. The molecule has 0 unspecified atom stereocenters. The van der Waals surface area contributed by atoms with Crippen molar-refractivity contribution in [3.8, 4) is 0 Å². The maximum absolute atomic E-state index is 11.6. The molecule has 1 fully saturated rings. The summed E-state index contributed by atoms with van der Waals surface area (Å²) in [7, 11) is 1.72. The molecule has 6 heteroatoms. The Morgan fingerprint density at radius 2 is 2.50 bits per heavy atom. The number of rotatable bonds is 3. The van der Waals surface area contributed by atoms with E-state index in [-0.39, 0.29) is 11.4 Å². The summed E-state index contributed by atoms with van der Waals surface area (Å²) in [5.41, 5.74) is 0.153. The molecule has 2 rings (SSSR count). The Hall–Kier alpha value is -1.10. The summed E-state index contributed by atoms with van der Waals surface area (Å²) in [6.07, 6.45) is 3.48. The van der Waals surface area contributed by atoms with E-state index in [0.717, 1.165) is 12.8 Å². The highest BCUT2D eigenvalue weighted by molar-refractivity contribution is 6.19. The second-order valence-electron chi connectivity index (χ2n) is 3.65. The summed E-state index contributed by atoms with van der Waals surface area (Å²) >= 11 is 5.74. The number of carbonyl (C=O) groups is 1. The molecule has 0 aliphatic heterocycles. The van der Waals surface area contributed by atoms with Crippen LogP contribution >= 0.6 is 11.6 Å². The molecule has 0 aromatic carbocycles. The van der Waals surface area contributed by atoms with Gasteiger partial charge in [0.1, 0.15) is 0 Å². The van der Waals surface area contributed by atoms with Crippen molar-refractivity contribution >= 4 is 17.5 Å². The third kappa shape index (κ3) is 1.72. The number of nitrogens with one attached hydrogen (secondary N) is 1. The Labute approximate surface area is 86.4 Å². The van der Waals surface area contributed by atoms with Gasteiger partial charge in [-0.15, -0.1) is 16.7 Å². The Morgan fingerprint density at radius 1 is 1.79 bits per heavy atom. The van der Waals surface area contributed by atoms with Crippen molar-refractivity contribution in [2.24, 2.45) is 7.05 Å². The molecule has 1 aromatic heterocycles. The molecule has 1 N–H and O–H groups in total. The Morgan fingerprint density at radius 3 is 2.93 bits per heavy atom. The number of aromatic nitrogens is 3. The summed E-state index contributed by atoms with van der Waals surface area (Å²) in [5.74, 6) is 0.259. The van der Waals surface area contributed by atoms with Crippen molar-refractivity contribution in [1.29, 1.82) is 0 Å². The van der Waals surface area contributed by atoms with Crippen molar-refractivity contribution in [2.75, 3.05) is 5.88 Å². The van der Waals surface area contributed by atoms with Crippen LogP contribution in [0.4, 0.5) is 0 Å². The lowest BCUT2D eigenvalue weighted by Gasteiger charge is -2.11. The molecule has 0 radical (unpaired) electrons. The van der Waals surface area contributed by atoms with Gasteiger partial charge in [-0.3, -0.25) is 9.48 Å². The van der Waals surface area contributed by atoms with Crippen LogP contribution in [0.25, 0.3) is 0 Å². The van der Waals surface area contributed by atoms with Crippen LogP contribution in [0.1, 0.15) is 23.3 Å². The van der Waals surface area contributed by atoms with E-state index in [4.69, 9.17) is 11.6 Å². The lowest BCUT2D eigenvalue weighted by Crippen LogP contribution is -2.38. The van der Waals surface area contributed by atoms with Crippen molar-refractivity contribution in [3.05, 3.63) is 11.9 Å². The predicted octanol–water partition coefficient (Wildman–Crippen LogP) is 0.316. The zero-order valence-electron chi connectivity index (χ0n) is 7.83. The number of aryl methyl sites for hydroxylation is 1. The standard InChI is InChI=1S/C8H11ClN4O/c1-13-4-6(11-12-13)7(14)10-8(5-9)2-3-8/h4H,2-3,5H2,1H3,(H,10,14). The molecule has 1 heterocycles. The molecule has 0 spiro atoms. The number of alkyl halides is 1. The third-order valence-electron chi connectivity index (χ3n) is 2.32. The van der Waals surface area contributed by atoms with E-state index in [1.54, 1.807) is 13.2 Å². The van der Waals surface area contributed by atoms with Crippen molar-refractivity contribution in [2.45, 2.75) is 18.4 Å².